The monoisotopic (exact) mass is 246 g/mol. The quantitative estimate of drug-likeness (QED) is 0.445. The number of hydroxylamine groups is 1. The summed E-state index contributed by atoms with van der Waals surface area (Å²) in [5.74, 6) is 0. The van der Waals surface area contributed by atoms with Crippen molar-refractivity contribution < 1.29 is 9.05 Å². The van der Waals surface area contributed by atoms with E-state index in [-0.39, 0.29) is 0 Å². The Kier molecular flexibility index (Phi) is 5.85. The molecule has 0 aliphatic heterocycles. The van der Waals surface area contributed by atoms with Crippen LogP contribution in [-0.2, 0) is 9.05 Å². The van der Waals surface area contributed by atoms with Crippen molar-refractivity contribution in [1.29, 1.82) is 0 Å². The minimum Gasteiger partial charge on any atom is -0.456 e. The first kappa shape index (κ1) is 14.4. The third kappa shape index (κ3) is 13.4. The molecule has 0 saturated carbocycles. The van der Waals surface area contributed by atoms with Crippen molar-refractivity contribution in [2.45, 2.75) is 39.3 Å². The lowest BCUT2D eigenvalue weighted by Crippen LogP contribution is -2.30. The molecule has 0 aliphatic rings. The lowest BCUT2D eigenvalue weighted by molar-refractivity contribution is 0.235. The summed E-state index contributed by atoms with van der Waals surface area (Å²) in [5.41, 5.74) is 2.77. The number of nitrogens with zero attached hydrogens (tertiary/aromatic N) is 1. The Labute approximate surface area is 94.6 Å². The molecule has 88 valence electrons. The smallest absolute Gasteiger partial charge is 0.278 e. The van der Waals surface area contributed by atoms with Gasteiger partial charge in [0.25, 0.3) is 8.32 Å². The molecule has 0 atom stereocenters. The molecular formula is C9H22N2O2Si2. The van der Waals surface area contributed by atoms with Gasteiger partial charge < -0.3 is 9.05 Å². The van der Waals surface area contributed by atoms with Crippen molar-refractivity contribution in [3.63, 3.8) is 0 Å². The molecule has 0 rings (SSSR count). The van der Waals surface area contributed by atoms with Crippen LogP contribution in [-0.4, -0.2) is 22.8 Å². The van der Waals surface area contributed by atoms with E-state index in [0.717, 1.165) is 0 Å². The van der Waals surface area contributed by atoms with Gasteiger partial charge in [-0.05, 0) is 45.4 Å². The molecule has 0 unspecified atom stereocenters. The fraction of sp³-hybridized carbons (Fsp3) is 0.667. The van der Waals surface area contributed by atoms with Gasteiger partial charge in [-0.2, -0.15) is 0 Å². The van der Waals surface area contributed by atoms with Crippen LogP contribution in [0.1, 0.15) is 0 Å². The summed E-state index contributed by atoms with van der Waals surface area (Å²) < 4.78 is 10.7. The summed E-state index contributed by atoms with van der Waals surface area (Å²) in [6, 6.07) is 0. The predicted molar refractivity (Wildman–Crippen MR) is 69.6 cm³/mol. The number of oxime groups is 1. The molecule has 1 N–H and O–H groups in total. The highest BCUT2D eigenvalue weighted by atomic mass is 28.4. The van der Waals surface area contributed by atoms with Crippen molar-refractivity contribution in [3.05, 3.63) is 12.3 Å². The van der Waals surface area contributed by atoms with Gasteiger partial charge in [0.15, 0.2) is 0 Å². The van der Waals surface area contributed by atoms with Crippen molar-refractivity contribution in [2.75, 3.05) is 0 Å². The standard InChI is InChI=1S/C9H22N2O2Si2/c1-14(2,3)12-10-8-7-9-11-13-15(4,5)6/h7-10H,1-6H3. The van der Waals surface area contributed by atoms with Crippen LogP contribution < -0.4 is 5.48 Å². The number of hydrogen-bond donors (Lipinski definition) is 1. The van der Waals surface area contributed by atoms with Crippen LogP contribution in [0.5, 0.6) is 0 Å². The van der Waals surface area contributed by atoms with Crippen LogP contribution in [0, 0.1) is 0 Å². The van der Waals surface area contributed by atoms with E-state index in [9.17, 15) is 0 Å². The summed E-state index contributed by atoms with van der Waals surface area (Å²) in [6.45, 7) is 12.6. The Bertz CT molecular complexity index is 229. The van der Waals surface area contributed by atoms with Gasteiger partial charge in [0.05, 0.1) is 6.21 Å². The van der Waals surface area contributed by atoms with E-state index < -0.39 is 16.6 Å². The Morgan fingerprint density at radius 2 is 1.60 bits per heavy atom. The minimum absolute atomic E-state index is 1.49. The van der Waals surface area contributed by atoms with Gasteiger partial charge in [0.2, 0.25) is 8.32 Å². The summed E-state index contributed by atoms with van der Waals surface area (Å²) in [5, 5.41) is 3.84. The molecule has 0 fully saturated rings. The zero-order valence-corrected chi connectivity index (χ0v) is 12.5. The molecule has 0 aromatic heterocycles. The zero-order valence-electron chi connectivity index (χ0n) is 10.5. The predicted octanol–water partition coefficient (Wildman–Crippen LogP) is 2.69. The van der Waals surface area contributed by atoms with E-state index in [1.807, 2.05) is 0 Å². The Hall–Kier alpha value is -0.596. The maximum Gasteiger partial charge on any atom is 0.278 e. The Balaban J connectivity index is 3.64. The van der Waals surface area contributed by atoms with Gasteiger partial charge in [-0.15, -0.1) is 5.16 Å². The number of allylic oxidation sites excluding steroid dienone is 1. The van der Waals surface area contributed by atoms with Crippen LogP contribution in [0.3, 0.4) is 0 Å². The van der Waals surface area contributed by atoms with Gasteiger partial charge in [0, 0.05) is 6.20 Å². The van der Waals surface area contributed by atoms with Crippen molar-refractivity contribution in [2.24, 2.45) is 5.16 Å². The third-order valence-electron chi connectivity index (χ3n) is 1.00. The van der Waals surface area contributed by atoms with Crippen LogP contribution in [0.4, 0.5) is 0 Å². The molecule has 0 aliphatic carbocycles. The molecule has 4 nitrogen and oxygen atoms in total. The highest BCUT2D eigenvalue weighted by Gasteiger charge is 2.15. The molecule has 0 bridgehead atoms. The summed E-state index contributed by atoms with van der Waals surface area (Å²) in [6.07, 6.45) is 5.06. The molecule has 0 saturated heterocycles. The maximum atomic E-state index is 5.39. The molecule has 0 spiro atoms. The fourth-order valence-corrected chi connectivity index (χ4v) is 1.32. The van der Waals surface area contributed by atoms with Gasteiger partial charge in [0.1, 0.15) is 0 Å². The largest absolute Gasteiger partial charge is 0.456 e. The van der Waals surface area contributed by atoms with Gasteiger partial charge in [-0.1, -0.05) is 0 Å². The molecule has 0 amide bonds. The first-order valence-electron chi connectivity index (χ1n) is 5.01. The molecule has 0 radical (unpaired) electrons. The fourth-order valence-electron chi connectivity index (χ4n) is 0.517. The van der Waals surface area contributed by atoms with Crippen molar-refractivity contribution in [1.82, 2.24) is 5.48 Å². The second-order valence-electron chi connectivity index (χ2n) is 5.15. The Morgan fingerprint density at radius 3 is 2.07 bits per heavy atom. The SMILES string of the molecule is C[Si](C)(C)ON=CC=CNO[Si](C)(C)C. The number of rotatable bonds is 6. The summed E-state index contributed by atoms with van der Waals surface area (Å²) in [7, 11) is -3.02. The normalized spacial score (nSPS) is 13.7. The van der Waals surface area contributed by atoms with Gasteiger partial charge in [-0.3, -0.25) is 5.48 Å². The Morgan fingerprint density at radius 1 is 1.00 bits per heavy atom. The average Bonchev–Trinajstić information content (AvgIpc) is 1.98. The number of nitrogens with one attached hydrogen (secondary N) is 1. The molecule has 0 aromatic carbocycles. The van der Waals surface area contributed by atoms with Gasteiger partial charge in [-0.25, -0.2) is 0 Å². The van der Waals surface area contributed by atoms with E-state index in [1.165, 1.54) is 0 Å². The molecule has 0 aromatic rings. The molecule has 15 heavy (non-hydrogen) atoms. The second-order valence-corrected chi connectivity index (χ2v) is 14.0. The van der Waals surface area contributed by atoms with Crippen molar-refractivity contribution >= 4 is 22.8 Å². The molecule has 0 heterocycles. The van der Waals surface area contributed by atoms with Crippen LogP contribution in [0.25, 0.3) is 0 Å². The first-order chi connectivity index (χ1) is 6.71. The minimum atomic E-state index is -1.53. The van der Waals surface area contributed by atoms with E-state index in [4.69, 9.17) is 9.05 Å². The van der Waals surface area contributed by atoms with E-state index in [0.29, 0.717) is 0 Å². The van der Waals surface area contributed by atoms with E-state index >= 15 is 0 Å². The first-order valence-corrected chi connectivity index (χ1v) is 11.8. The number of hydrogen-bond acceptors (Lipinski definition) is 4. The summed E-state index contributed by atoms with van der Waals surface area (Å²) in [4.78, 5) is 0. The van der Waals surface area contributed by atoms with Crippen LogP contribution >= 0.6 is 0 Å². The van der Waals surface area contributed by atoms with E-state index in [1.54, 1.807) is 18.5 Å². The zero-order chi connectivity index (χ0) is 11.9. The van der Waals surface area contributed by atoms with Gasteiger partial charge >= 0.3 is 0 Å². The van der Waals surface area contributed by atoms with Crippen LogP contribution in [0.15, 0.2) is 17.4 Å². The van der Waals surface area contributed by atoms with Crippen LogP contribution in [0.2, 0.25) is 39.3 Å². The highest BCUT2D eigenvalue weighted by molar-refractivity contribution is 6.70. The average molecular weight is 246 g/mol. The molecule has 6 heteroatoms. The third-order valence-corrected chi connectivity index (χ3v) is 2.39. The lowest BCUT2D eigenvalue weighted by Gasteiger charge is -2.15. The summed E-state index contributed by atoms with van der Waals surface area (Å²) >= 11 is 0. The topological polar surface area (TPSA) is 42.8 Å². The second kappa shape index (κ2) is 6.09. The lowest BCUT2D eigenvalue weighted by atomic mass is 10.7. The molecular weight excluding hydrogens is 224 g/mol. The highest BCUT2D eigenvalue weighted by Crippen LogP contribution is 2.01. The maximum absolute atomic E-state index is 5.39. The van der Waals surface area contributed by atoms with E-state index in [2.05, 4.69) is 49.9 Å². The van der Waals surface area contributed by atoms with Crippen molar-refractivity contribution in [3.8, 4) is 0 Å².